The Kier molecular flexibility index (Phi) is 5.51. The number of carbonyl (C=O) groups excluding carboxylic acids is 2. The number of fused-ring (bicyclic) bond motifs is 1. The van der Waals surface area contributed by atoms with E-state index in [-0.39, 0.29) is 17.9 Å². The van der Waals surface area contributed by atoms with Crippen LogP contribution in [0.25, 0.3) is 0 Å². The Morgan fingerprint density at radius 1 is 1.19 bits per heavy atom. The second-order valence-corrected chi connectivity index (χ2v) is 7.59. The number of hydrogen-bond donors (Lipinski definition) is 2. The highest BCUT2D eigenvalue weighted by atomic mass is 35.5. The van der Waals surface area contributed by atoms with Crippen LogP contribution >= 0.6 is 11.6 Å². The van der Waals surface area contributed by atoms with Crippen molar-refractivity contribution in [1.82, 2.24) is 10.2 Å². The van der Waals surface area contributed by atoms with Gasteiger partial charge in [-0.15, -0.1) is 0 Å². The molecule has 1 heterocycles. The lowest BCUT2D eigenvalue weighted by Gasteiger charge is -2.33. The van der Waals surface area contributed by atoms with Crippen LogP contribution in [0, 0.1) is 5.92 Å². The molecule has 3 unspecified atom stereocenters. The van der Waals surface area contributed by atoms with Gasteiger partial charge in [0.05, 0.1) is 0 Å². The van der Waals surface area contributed by atoms with Gasteiger partial charge in [0.2, 0.25) is 5.91 Å². The Hall–Kier alpha value is -2.08. The summed E-state index contributed by atoms with van der Waals surface area (Å²) >= 11 is 5.91. The van der Waals surface area contributed by atoms with E-state index in [4.69, 9.17) is 16.7 Å². The van der Waals surface area contributed by atoms with E-state index in [2.05, 4.69) is 5.32 Å². The number of nitrogens with one attached hydrogen (secondary N) is 1. The maximum absolute atomic E-state index is 13.1. The highest BCUT2D eigenvalue weighted by Gasteiger charge is 2.47. The third-order valence-corrected chi connectivity index (χ3v) is 5.70. The molecule has 1 aliphatic heterocycles. The first-order chi connectivity index (χ1) is 12.4. The number of hydrogen-bond acceptors (Lipinski definition) is 3. The molecule has 4 atom stereocenters. The van der Waals surface area contributed by atoms with Crippen LogP contribution in [0.5, 0.6) is 0 Å². The van der Waals surface area contributed by atoms with Gasteiger partial charge in [-0.05, 0) is 56.4 Å². The van der Waals surface area contributed by atoms with E-state index in [1.54, 1.807) is 29.2 Å². The van der Waals surface area contributed by atoms with Crippen LogP contribution in [0.15, 0.2) is 24.3 Å². The summed E-state index contributed by atoms with van der Waals surface area (Å²) in [6, 6.07) is 5.05. The van der Waals surface area contributed by atoms with Crippen molar-refractivity contribution in [1.29, 1.82) is 0 Å². The maximum Gasteiger partial charge on any atom is 0.325 e. The van der Waals surface area contributed by atoms with Crippen LogP contribution in [0.3, 0.4) is 0 Å². The van der Waals surface area contributed by atoms with E-state index in [0.29, 0.717) is 17.0 Å². The lowest BCUT2D eigenvalue weighted by atomic mass is 9.84. The third-order valence-electron chi connectivity index (χ3n) is 5.45. The molecule has 2 fully saturated rings. The van der Waals surface area contributed by atoms with Crippen LogP contribution in [0.1, 0.15) is 49.4 Å². The Bertz CT molecular complexity index is 706. The summed E-state index contributed by atoms with van der Waals surface area (Å²) < 4.78 is 0. The summed E-state index contributed by atoms with van der Waals surface area (Å²) in [6.07, 6.45) is 4.59. The highest BCUT2D eigenvalue weighted by Crippen LogP contribution is 2.40. The second-order valence-electron chi connectivity index (χ2n) is 7.15. The topological polar surface area (TPSA) is 86.7 Å². The molecular weight excluding hydrogens is 356 g/mol. The van der Waals surface area contributed by atoms with Gasteiger partial charge < -0.3 is 15.3 Å². The molecule has 26 heavy (non-hydrogen) atoms. The van der Waals surface area contributed by atoms with Crippen LogP contribution in [0.2, 0.25) is 5.02 Å². The van der Waals surface area contributed by atoms with E-state index in [0.717, 1.165) is 25.7 Å². The zero-order valence-corrected chi connectivity index (χ0v) is 15.4. The molecule has 1 saturated heterocycles. The highest BCUT2D eigenvalue weighted by molar-refractivity contribution is 6.30. The van der Waals surface area contributed by atoms with E-state index < -0.39 is 24.0 Å². The summed E-state index contributed by atoms with van der Waals surface area (Å²) in [4.78, 5) is 38.6. The minimum absolute atomic E-state index is 0.0304. The number of likely N-dealkylation sites (tertiary alicyclic amines) is 1. The molecular formula is C19H23ClN2O4. The zero-order valence-electron chi connectivity index (χ0n) is 14.7. The average Bonchev–Trinajstić information content (AvgIpc) is 3.01. The quantitative estimate of drug-likeness (QED) is 0.843. The standard InChI is InChI=1S/C19H23ClN2O4/c1-11(19(25)26)21-17(23)16-10-13-4-2-3-5-15(13)22(16)18(24)12-6-8-14(20)9-7-12/h6-9,11,13,15-16H,2-5,10H2,1H3,(H,21,23)(H,25,26)/t11-,13?,15?,16?/m1/s1. The van der Waals surface area contributed by atoms with Crippen molar-refractivity contribution < 1.29 is 19.5 Å². The summed E-state index contributed by atoms with van der Waals surface area (Å²) in [5.41, 5.74) is 0.490. The Morgan fingerprint density at radius 3 is 2.50 bits per heavy atom. The summed E-state index contributed by atoms with van der Waals surface area (Å²) in [7, 11) is 0. The van der Waals surface area contributed by atoms with Crippen LogP contribution in [-0.4, -0.2) is 45.9 Å². The number of nitrogens with zero attached hydrogens (tertiary/aromatic N) is 1. The first-order valence-electron chi connectivity index (χ1n) is 9.00. The molecule has 1 aromatic carbocycles. The molecule has 1 aliphatic carbocycles. The SMILES string of the molecule is C[C@@H](NC(=O)C1CC2CCCCC2N1C(=O)c1ccc(Cl)cc1)C(=O)O. The normalized spacial score (nSPS) is 26.1. The zero-order chi connectivity index (χ0) is 18.8. The molecule has 6 nitrogen and oxygen atoms in total. The third kappa shape index (κ3) is 3.70. The summed E-state index contributed by atoms with van der Waals surface area (Å²) in [5, 5.41) is 12.1. The largest absolute Gasteiger partial charge is 0.480 e. The van der Waals surface area contributed by atoms with Gasteiger partial charge >= 0.3 is 5.97 Å². The maximum atomic E-state index is 13.1. The second kappa shape index (κ2) is 7.66. The predicted molar refractivity (Wildman–Crippen MR) is 97.0 cm³/mol. The Morgan fingerprint density at radius 2 is 1.85 bits per heavy atom. The minimum atomic E-state index is -1.09. The number of carboxylic acid groups (broad SMARTS) is 1. The number of carboxylic acids is 1. The molecule has 140 valence electrons. The van der Waals surface area contributed by atoms with Gasteiger partial charge in [0.1, 0.15) is 12.1 Å². The Labute approximate surface area is 157 Å². The molecule has 2 aliphatic rings. The van der Waals surface area contributed by atoms with Gasteiger partial charge in [0.25, 0.3) is 5.91 Å². The number of carbonyl (C=O) groups is 3. The first-order valence-corrected chi connectivity index (χ1v) is 9.37. The lowest BCUT2D eigenvalue weighted by molar-refractivity contribution is -0.141. The van der Waals surface area contributed by atoms with Crippen LogP contribution < -0.4 is 5.32 Å². The minimum Gasteiger partial charge on any atom is -0.480 e. The summed E-state index contributed by atoms with van der Waals surface area (Å²) in [6.45, 7) is 1.42. The lowest BCUT2D eigenvalue weighted by Crippen LogP contribution is -2.52. The number of amides is 2. The average molecular weight is 379 g/mol. The van der Waals surface area contributed by atoms with Crippen molar-refractivity contribution in [2.75, 3.05) is 0 Å². The fourth-order valence-electron chi connectivity index (χ4n) is 4.10. The van der Waals surface area contributed by atoms with Crippen LogP contribution in [0.4, 0.5) is 0 Å². The van der Waals surface area contributed by atoms with Gasteiger partial charge in [0.15, 0.2) is 0 Å². The predicted octanol–water partition coefficient (Wildman–Crippen LogP) is 2.70. The van der Waals surface area contributed by atoms with Crippen molar-refractivity contribution in [3.63, 3.8) is 0 Å². The van der Waals surface area contributed by atoms with E-state index in [9.17, 15) is 14.4 Å². The molecule has 2 N–H and O–H groups in total. The molecule has 3 rings (SSSR count). The smallest absolute Gasteiger partial charge is 0.325 e. The van der Waals surface area contributed by atoms with Gasteiger partial charge in [-0.3, -0.25) is 14.4 Å². The van der Waals surface area contributed by atoms with Crippen molar-refractivity contribution in [3.8, 4) is 0 Å². The van der Waals surface area contributed by atoms with Gasteiger partial charge in [0, 0.05) is 16.6 Å². The molecule has 0 spiro atoms. The number of rotatable bonds is 4. The molecule has 2 amide bonds. The fraction of sp³-hybridized carbons (Fsp3) is 0.526. The van der Waals surface area contributed by atoms with Gasteiger partial charge in [-0.2, -0.15) is 0 Å². The van der Waals surface area contributed by atoms with Crippen molar-refractivity contribution in [3.05, 3.63) is 34.9 Å². The molecule has 0 radical (unpaired) electrons. The van der Waals surface area contributed by atoms with Crippen molar-refractivity contribution in [2.24, 2.45) is 5.92 Å². The number of halogens is 1. The van der Waals surface area contributed by atoms with Crippen molar-refractivity contribution in [2.45, 2.75) is 57.2 Å². The molecule has 0 aromatic heterocycles. The molecule has 1 saturated carbocycles. The molecule has 7 heteroatoms. The number of aliphatic carboxylic acids is 1. The van der Waals surface area contributed by atoms with Gasteiger partial charge in [-0.25, -0.2) is 0 Å². The Balaban J connectivity index is 1.86. The first kappa shape index (κ1) is 18.7. The van der Waals surface area contributed by atoms with Gasteiger partial charge in [-0.1, -0.05) is 24.4 Å². The van der Waals surface area contributed by atoms with Crippen molar-refractivity contribution >= 4 is 29.4 Å². The molecule has 1 aromatic rings. The molecule has 0 bridgehead atoms. The monoisotopic (exact) mass is 378 g/mol. The number of benzene rings is 1. The van der Waals surface area contributed by atoms with E-state index in [1.807, 2.05) is 0 Å². The fourth-order valence-corrected chi connectivity index (χ4v) is 4.23. The van der Waals surface area contributed by atoms with E-state index >= 15 is 0 Å². The van der Waals surface area contributed by atoms with E-state index in [1.165, 1.54) is 6.92 Å². The van der Waals surface area contributed by atoms with Crippen LogP contribution in [-0.2, 0) is 9.59 Å². The summed E-state index contributed by atoms with van der Waals surface area (Å²) in [5.74, 6) is -1.39.